The van der Waals surface area contributed by atoms with Gasteiger partial charge >= 0.3 is 5.97 Å². The van der Waals surface area contributed by atoms with Crippen molar-refractivity contribution in [3.05, 3.63) is 95.9 Å². The minimum absolute atomic E-state index is 0.0587. The molecule has 2 N–H and O–H groups in total. The molecule has 1 saturated heterocycles. The normalized spacial score (nSPS) is 35.4. The van der Waals surface area contributed by atoms with E-state index in [2.05, 4.69) is 10.3 Å². The van der Waals surface area contributed by atoms with Gasteiger partial charge in [0.2, 0.25) is 11.7 Å². The minimum atomic E-state index is -2.10. The minimum Gasteiger partial charge on any atom is -0.454 e. The lowest BCUT2D eigenvalue weighted by atomic mass is 9.47. The Morgan fingerprint density at radius 2 is 1.94 bits per heavy atom. The van der Waals surface area contributed by atoms with E-state index < -0.39 is 53.0 Å². The summed E-state index contributed by atoms with van der Waals surface area (Å²) in [6, 6.07) is 14.4. The molecule has 9 atom stereocenters. The Kier molecular flexibility index (Phi) is 7.69. The van der Waals surface area contributed by atoms with Gasteiger partial charge in [-0.05, 0) is 98.9 Å². The molecule has 1 amide bonds. The highest BCUT2D eigenvalue weighted by atomic mass is 19.1. The molecule has 5 aliphatic rings. The van der Waals surface area contributed by atoms with Gasteiger partial charge in [0.1, 0.15) is 5.60 Å². The zero-order chi connectivity index (χ0) is 35.0. The van der Waals surface area contributed by atoms with Crippen LogP contribution in [-0.4, -0.2) is 63.6 Å². The number of pyridine rings is 1. The number of amides is 1. The van der Waals surface area contributed by atoms with Crippen LogP contribution in [0.4, 0.5) is 10.1 Å². The van der Waals surface area contributed by atoms with Crippen LogP contribution < -0.4 is 5.32 Å². The third kappa shape index (κ3) is 5.06. The molecule has 9 nitrogen and oxygen atoms in total. The molecule has 0 radical (unpaired) electrons. The number of halogens is 1. The number of hydrogen-bond donors (Lipinski definition) is 2. The number of aromatic nitrogens is 1. The van der Waals surface area contributed by atoms with Crippen molar-refractivity contribution in [3.63, 3.8) is 0 Å². The van der Waals surface area contributed by atoms with Crippen molar-refractivity contribution >= 4 is 39.9 Å². The SMILES string of the molecule is C[C@@H]1C[C@H]2[C@@H]3CCC4=CC(=O)C=C[C@]4(C)[C@@]3(F)[C@@H](O)C[C@@]2(C(=O)COC(=O)c2cccc([C@@H]3C[C@H]3C(=O)Nc3ccc4cnccc4c3)c2)O1. The van der Waals surface area contributed by atoms with Crippen LogP contribution in [0.1, 0.15) is 67.8 Å². The van der Waals surface area contributed by atoms with Gasteiger partial charge in [0.05, 0.1) is 17.8 Å². The molecule has 2 aromatic carbocycles. The van der Waals surface area contributed by atoms with Gasteiger partial charge in [-0.15, -0.1) is 0 Å². The van der Waals surface area contributed by atoms with Crippen LogP contribution in [0.15, 0.2) is 84.7 Å². The average Bonchev–Trinajstić information content (AvgIpc) is 3.84. The Balaban J connectivity index is 0.937. The number of alkyl halides is 1. The second-order valence-electron chi connectivity index (χ2n) is 14.9. The Labute approximate surface area is 288 Å². The van der Waals surface area contributed by atoms with Crippen LogP contribution in [0.5, 0.6) is 0 Å². The Hall–Kier alpha value is -4.54. The number of Topliss-reactive ketones (excluding diaryl/α,β-unsaturated/α-hetero) is 1. The molecule has 4 aliphatic carbocycles. The van der Waals surface area contributed by atoms with E-state index in [4.69, 9.17) is 9.47 Å². The monoisotopic (exact) mass is 678 g/mol. The van der Waals surface area contributed by atoms with Gasteiger partial charge in [-0.25, -0.2) is 9.18 Å². The molecule has 0 spiro atoms. The number of fused-ring (bicyclic) bond motifs is 6. The van der Waals surface area contributed by atoms with Gasteiger partial charge in [-0.3, -0.25) is 19.4 Å². The number of nitrogens with one attached hydrogen (secondary N) is 1. The number of aliphatic hydroxyl groups is 1. The standard InChI is InChI=1S/C40H39FN2O7/c1-22-14-33-32-9-7-27-17-29(44)10-12-38(27,2)40(32,41)34(45)19-39(33,50-22)35(46)21-49-37(48)25-5-3-4-24(15-25)30-18-31(30)36(47)43-28-8-6-26-20-42-13-11-23(26)16-28/h3-6,8,10-13,15-17,20,22,30-34,45H,7,9,14,18-19,21H2,1-2H3,(H,43,47)/t22-,30+,31-,32+,33+,34+,38+,39-,40+/m1/s1. The van der Waals surface area contributed by atoms with E-state index in [9.17, 15) is 24.3 Å². The van der Waals surface area contributed by atoms with Gasteiger partial charge < -0.3 is 19.9 Å². The third-order valence-electron chi connectivity index (χ3n) is 12.1. The molecule has 1 aliphatic heterocycles. The second-order valence-corrected chi connectivity index (χ2v) is 14.9. The highest BCUT2D eigenvalue weighted by Gasteiger charge is 2.72. The number of rotatable bonds is 7. The van der Waals surface area contributed by atoms with Gasteiger partial charge in [-0.2, -0.15) is 0 Å². The fourth-order valence-electron chi connectivity index (χ4n) is 9.46. The van der Waals surface area contributed by atoms with Crippen LogP contribution in [0.2, 0.25) is 0 Å². The van der Waals surface area contributed by atoms with E-state index in [0.717, 1.165) is 16.3 Å². The topological polar surface area (TPSA) is 132 Å². The lowest BCUT2D eigenvalue weighted by Gasteiger charge is -2.60. The van der Waals surface area contributed by atoms with E-state index in [1.54, 1.807) is 43.6 Å². The fraction of sp³-hybridized carbons (Fsp3) is 0.425. The highest BCUT2D eigenvalue weighted by Crippen LogP contribution is 2.65. The van der Waals surface area contributed by atoms with Crippen molar-refractivity contribution in [1.29, 1.82) is 0 Å². The smallest absolute Gasteiger partial charge is 0.338 e. The fourth-order valence-corrected chi connectivity index (χ4v) is 9.46. The van der Waals surface area contributed by atoms with Crippen molar-refractivity contribution in [2.75, 3.05) is 11.9 Å². The molecule has 3 saturated carbocycles. The molecule has 0 bridgehead atoms. The maximum Gasteiger partial charge on any atom is 0.338 e. The summed E-state index contributed by atoms with van der Waals surface area (Å²) in [4.78, 5) is 56.5. The molecule has 2 heterocycles. The number of nitrogens with zero attached hydrogens (tertiary/aromatic N) is 1. The maximum absolute atomic E-state index is 17.4. The van der Waals surface area contributed by atoms with Gasteiger partial charge in [-0.1, -0.05) is 29.8 Å². The lowest BCUT2D eigenvalue weighted by Crippen LogP contribution is -2.70. The average molecular weight is 679 g/mol. The summed E-state index contributed by atoms with van der Waals surface area (Å²) in [5.41, 5.74) is -2.34. The van der Waals surface area contributed by atoms with E-state index in [-0.39, 0.29) is 41.6 Å². The molecule has 0 unspecified atom stereocenters. The first-order chi connectivity index (χ1) is 23.9. The number of hydrogen-bond acceptors (Lipinski definition) is 8. The van der Waals surface area contributed by atoms with E-state index in [0.29, 0.717) is 36.9 Å². The third-order valence-corrected chi connectivity index (χ3v) is 12.1. The molecule has 1 aromatic heterocycles. The first-order valence-corrected chi connectivity index (χ1v) is 17.4. The number of benzene rings is 2. The van der Waals surface area contributed by atoms with Crippen molar-refractivity contribution in [2.24, 2.45) is 23.2 Å². The number of allylic oxidation sites excluding steroid dienone is 4. The molecular formula is C40H39FN2O7. The Bertz CT molecular complexity index is 2010. The number of carbonyl (C=O) groups is 4. The van der Waals surface area contributed by atoms with Crippen molar-refractivity contribution in [3.8, 4) is 0 Å². The molecule has 50 heavy (non-hydrogen) atoms. The Morgan fingerprint density at radius 3 is 2.78 bits per heavy atom. The molecule has 258 valence electrons. The molecule has 3 aromatic rings. The van der Waals surface area contributed by atoms with Crippen molar-refractivity contribution in [1.82, 2.24) is 4.98 Å². The molecule has 4 fully saturated rings. The van der Waals surface area contributed by atoms with Crippen LogP contribution in [0.3, 0.4) is 0 Å². The van der Waals surface area contributed by atoms with Crippen LogP contribution in [-0.2, 0) is 23.9 Å². The molecule has 10 heteroatoms. The number of aliphatic hydroxyl groups excluding tert-OH is 1. The zero-order valence-electron chi connectivity index (χ0n) is 27.9. The summed E-state index contributed by atoms with van der Waals surface area (Å²) >= 11 is 0. The number of ether oxygens (including phenoxy) is 2. The predicted molar refractivity (Wildman–Crippen MR) is 182 cm³/mol. The molecule has 8 rings (SSSR count). The summed E-state index contributed by atoms with van der Waals surface area (Å²) in [7, 11) is 0. The largest absolute Gasteiger partial charge is 0.454 e. The summed E-state index contributed by atoms with van der Waals surface area (Å²) in [5, 5.41) is 16.5. The molecular weight excluding hydrogens is 639 g/mol. The number of anilines is 1. The summed E-state index contributed by atoms with van der Waals surface area (Å²) < 4.78 is 29.2. The summed E-state index contributed by atoms with van der Waals surface area (Å²) in [6.07, 6.45) is 7.61. The zero-order valence-corrected chi connectivity index (χ0v) is 27.9. The summed E-state index contributed by atoms with van der Waals surface area (Å²) in [6.45, 7) is 2.97. The highest BCUT2D eigenvalue weighted by molar-refractivity contribution is 6.01. The van der Waals surface area contributed by atoms with Crippen LogP contribution >= 0.6 is 0 Å². The van der Waals surface area contributed by atoms with Crippen molar-refractivity contribution in [2.45, 2.75) is 75.3 Å². The van der Waals surface area contributed by atoms with Gasteiger partial charge in [0, 0.05) is 53.1 Å². The van der Waals surface area contributed by atoms with Crippen molar-refractivity contribution < 1.29 is 38.1 Å². The van der Waals surface area contributed by atoms with Gasteiger partial charge in [0.25, 0.3) is 0 Å². The van der Waals surface area contributed by atoms with Crippen LogP contribution in [0.25, 0.3) is 10.8 Å². The Morgan fingerprint density at radius 1 is 1.10 bits per heavy atom. The maximum atomic E-state index is 17.4. The van der Waals surface area contributed by atoms with Gasteiger partial charge in [0.15, 0.2) is 18.1 Å². The number of ketones is 2. The first-order valence-electron chi connectivity index (χ1n) is 17.4. The second kappa shape index (κ2) is 11.8. The summed E-state index contributed by atoms with van der Waals surface area (Å²) in [5.74, 6) is -3.02. The lowest BCUT2D eigenvalue weighted by molar-refractivity contribution is -0.214. The number of carbonyl (C=O) groups excluding carboxylic acids is 4. The first kappa shape index (κ1) is 32.7. The van der Waals surface area contributed by atoms with E-state index in [1.807, 2.05) is 37.3 Å². The quantitative estimate of drug-likeness (QED) is 0.299. The van der Waals surface area contributed by atoms with E-state index >= 15 is 4.39 Å². The van der Waals surface area contributed by atoms with Crippen LogP contribution in [0, 0.1) is 23.2 Å². The van der Waals surface area contributed by atoms with E-state index in [1.165, 1.54) is 12.2 Å². The number of esters is 1. The predicted octanol–water partition coefficient (Wildman–Crippen LogP) is 5.82.